The third kappa shape index (κ3) is 2.59. The smallest absolute Gasteiger partial charge is 0.227 e. The summed E-state index contributed by atoms with van der Waals surface area (Å²) in [6.45, 7) is 4.71. The lowest BCUT2D eigenvalue weighted by atomic mass is 9.75. The minimum Gasteiger partial charge on any atom is -0.379 e. The average molecular weight is 328 g/mol. The van der Waals surface area contributed by atoms with Gasteiger partial charge >= 0.3 is 0 Å². The summed E-state index contributed by atoms with van der Waals surface area (Å²) in [4.78, 5) is 17.5. The zero-order valence-electron chi connectivity index (χ0n) is 14.0. The van der Waals surface area contributed by atoms with Crippen molar-refractivity contribution in [1.82, 2.24) is 20.0 Å². The van der Waals surface area contributed by atoms with Crippen LogP contribution in [0.4, 0.5) is 0 Å². The second kappa shape index (κ2) is 6.18. The molecule has 3 heterocycles. The second-order valence-corrected chi connectivity index (χ2v) is 6.93. The number of hydrogen-bond acceptors (Lipinski definition) is 4. The Morgan fingerprint density at radius 3 is 3.17 bits per heavy atom. The van der Waals surface area contributed by atoms with Crippen molar-refractivity contribution in [2.75, 3.05) is 26.3 Å². The van der Waals surface area contributed by atoms with Gasteiger partial charge in [-0.3, -0.25) is 4.79 Å². The molecule has 0 bridgehead atoms. The summed E-state index contributed by atoms with van der Waals surface area (Å²) in [6.07, 6.45) is 6.93. The highest BCUT2D eigenvalue weighted by atomic mass is 16.5. The maximum atomic E-state index is 12.8. The van der Waals surface area contributed by atoms with E-state index in [0.717, 1.165) is 37.1 Å². The first-order chi connectivity index (χ1) is 11.7. The molecule has 1 unspecified atom stereocenters. The number of pyridine rings is 1. The van der Waals surface area contributed by atoms with E-state index in [1.165, 1.54) is 5.56 Å². The molecule has 128 valence electrons. The average Bonchev–Trinajstić information content (AvgIpc) is 2.79. The van der Waals surface area contributed by atoms with Gasteiger partial charge in [0.1, 0.15) is 5.82 Å². The normalized spacial score (nSPS) is 23.5. The van der Waals surface area contributed by atoms with E-state index in [9.17, 15) is 4.79 Å². The molecule has 2 aliphatic rings. The molecular formula is C18H24N4O2. The van der Waals surface area contributed by atoms with E-state index in [1.807, 2.05) is 18.5 Å². The standard InChI is InChI=1S/C18H24N4O2/c1-13-4-2-8-22-15(13)11-20-17(22)18(5-3-6-18)21-16(23)14-10-19-7-9-24-12-14/h2,4,8,11,14,19H,3,5-7,9-10,12H2,1H3,(H,21,23). The molecule has 0 radical (unpaired) electrons. The Bertz CT molecular complexity index is 743. The summed E-state index contributed by atoms with van der Waals surface area (Å²) in [6, 6.07) is 4.12. The van der Waals surface area contributed by atoms with Crippen LogP contribution in [0.3, 0.4) is 0 Å². The van der Waals surface area contributed by atoms with E-state index < -0.39 is 0 Å². The highest BCUT2D eigenvalue weighted by Gasteiger charge is 2.44. The number of aryl methyl sites for hydroxylation is 1. The van der Waals surface area contributed by atoms with Gasteiger partial charge in [-0.1, -0.05) is 6.07 Å². The van der Waals surface area contributed by atoms with Crippen molar-refractivity contribution in [3.8, 4) is 0 Å². The number of carbonyl (C=O) groups excluding carboxylic acids is 1. The van der Waals surface area contributed by atoms with Gasteiger partial charge in [-0.15, -0.1) is 0 Å². The van der Waals surface area contributed by atoms with Crippen molar-refractivity contribution >= 4 is 11.4 Å². The SMILES string of the molecule is Cc1cccn2c(C3(NC(=O)C4CNCCOC4)CCC3)ncc12. The molecule has 2 fully saturated rings. The molecule has 1 aliphatic carbocycles. The zero-order chi connectivity index (χ0) is 16.6. The van der Waals surface area contributed by atoms with Gasteiger partial charge in [-0.25, -0.2) is 4.98 Å². The predicted octanol–water partition coefficient (Wildman–Crippen LogP) is 1.37. The van der Waals surface area contributed by atoms with Gasteiger partial charge in [0.05, 0.1) is 36.4 Å². The molecule has 0 spiro atoms. The predicted molar refractivity (Wildman–Crippen MR) is 90.8 cm³/mol. The maximum absolute atomic E-state index is 12.8. The number of hydrogen-bond donors (Lipinski definition) is 2. The van der Waals surface area contributed by atoms with Gasteiger partial charge in [-0.05, 0) is 37.8 Å². The van der Waals surface area contributed by atoms with E-state index in [4.69, 9.17) is 4.74 Å². The van der Waals surface area contributed by atoms with Crippen LogP contribution in [0.25, 0.3) is 5.52 Å². The molecule has 1 saturated heterocycles. The molecule has 2 N–H and O–H groups in total. The van der Waals surface area contributed by atoms with Crippen LogP contribution in [0.1, 0.15) is 30.7 Å². The number of imidazole rings is 1. The van der Waals surface area contributed by atoms with Gasteiger partial charge in [0.2, 0.25) is 5.91 Å². The molecule has 1 atom stereocenters. The van der Waals surface area contributed by atoms with Crippen LogP contribution in [0.2, 0.25) is 0 Å². The third-order valence-corrected chi connectivity index (χ3v) is 5.28. The summed E-state index contributed by atoms with van der Waals surface area (Å²) in [5, 5.41) is 6.56. The van der Waals surface area contributed by atoms with Gasteiger partial charge in [0.15, 0.2) is 0 Å². The molecule has 2 aromatic rings. The number of nitrogens with zero attached hydrogens (tertiary/aromatic N) is 2. The largest absolute Gasteiger partial charge is 0.379 e. The van der Waals surface area contributed by atoms with Gasteiger partial charge in [0, 0.05) is 19.3 Å². The van der Waals surface area contributed by atoms with Gasteiger partial charge in [-0.2, -0.15) is 0 Å². The number of nitrogens with one attached hydrogen (secondary N) is 2. The highest BCUT2D eigenvalue weighted by molar-refractivity contribution is 5.80. The Labute approximate surface area is 141 Å². The molecule has 24 heavy (non-hydrogen) atoms. The molecule has 2 aromatic heterocycles. The van der Waals surface area contributed by atoms with Crippen LogP contribution in [0, 0.1) is 12.8 Å². The van der Waals surface area contributed by atoms with E-state index in [-0.39, 0.29) is 17.4 Å². The van der Waals surface area contributed by atoms with Crippen molar-refractivity contribution in [2.24, 2.45) is 5.92 Å². The van der Waals surface area contributed by atoms with Gasteiger partial charge in [0.25, 0.3) is 0 Å². The van der Waals surface area contributed by atoms with Crippen molar-refractivity contribution in [2.45, 2.75) is 31.7 Å². The number of rotatable bonds is 3. The fourth-order valence-corrected chi connectivity index (χ4v) is 3.66. The van der Waals surface area contributed by atoms with Crippen LogP contribution < -0.4 is 10.6 Å². The summed E-state index contributed by atoms with van der Waals surface area (Å²) in [5.74, 6) is 0.870. The van der Waals surface area contributed by atoms with Crippen molar-refractivity contribution in [3.63, 3.8) is 0 Å². The zero-order valence-corrected chi connectivity index (χ0v) is 14.0. The molecule has 6 nitrogen and oxygen atoms in total. The molecule has 0 aromatic carbocycles. The minimum atomic E-state index is -0.344. The molecular weight excluding hydrogens is 304 g/mol. The molecule has 1 aliphatic heterocycles. The Morgan fingerprint density at radius 2 is 2.38 bits per heavy atom. The summed E-state index contributed by atoms with van der Waals surface area (Å²) in [7, 11) is 0. The highest BCUT2D eigenvalue weighted by Crippen LogP contribution is 2.41. The Hall–Kier alpha value is -1.92. The number of carbonyl (C=O) groups is 1. The lowest BCUT2D eigenvalue weighted by Crippen LogP contribution is -2.54. The fraction of sp³-hybridized carbons (Fsp3) is 0.556. The second-order valence-electron chi connectivity index (χ2n) is 6.93. The molecule has 1 saturated carbocycles. The van der Waals surface area contributed by atoms with Crippen molar-refractivity contribution in [1.29, 1.82) is 0 Å². The van der Waals surface area contributed by atoms with Crippen LogP contribution >= 0.6 is 0 Å². The van der Waals surface area contributed by atoms with Crippen molar-refractivity contribution < 1.29 is 9.53 Å². The summed E-state index contributed by atoms with van der Waals surface area (Å²) < 4.78 is 7.65. The summed E-state index contributed by atoms with van der Waals surface area (Å²) in [5.41, 5.74) is 1.95. The summed E-state index contributed by atoms with van der Waals surface area (Å²) >= 11 is 0. The minimum absolute atomic E-state index is 0.0634. The molecule has 6 heteroatoms. The number of amides is 1. The Balaban J connectivity index is 1.61. The Morgan fingerprint density at radius 1 is 1.50 bits per heavy atom. The molecule has 4 rings (SSSR count). The monoisotopic (exact) mass is 328 g/mol. The van der Waals surface area contributed by atoms with E-state index in [0.29, 0.717) is 19.8 Å². The van der Waals surface area contributed by atoms with Crippen LogP contribution in [-0.2, 0) is 15.1 Å². The van der Waals surface area contributed by atoms with E-state index in [2.05, 4.69) is 33.0 Å². The van der Waals surface area contributed by atoms with Crippen molar-refractivity contribution in [3.05, 3.63) is 35.9 Å². The van der Waals surface area contributed by atoms with E-state index in [1.54, 1.807) is 0 Å². The number of aromatic nitrogens is 2. The third-order valence-electron chi connectivity index (χ3n) is 5.28. The first-order valence-corrected chi connectivity index (χ1v) is 8.73. The van der Waals surface area contributed by atoms with Crippen LogP contribution in [0.15, 0.2) is 24.5 Å². The molecule has 1 amide bonds. The first kappa shape index (κ1) is 15.6. The lowest BCUT2D eigenvalue weighted by Gasteiger charge is -2.42. The number of ether oxygens (including phenoxy) is 1. The lowest BCUT2D eigenvalue weighted by molar-refractivity contribution is -0.129. The fourth-order valence-electron chi connectivity index (χ4n) is 3.66. The maximum Gasteiger partial charge on any atom is 0.227 e. The number of fused-ring (bicyclic) bond motifs is 1. The Kier molecular flexibility index (Phi) is 4.02. The van der Waals surface area contributed by atoms with E-state index >= 15 is 0 Å². The first-order valence-electron chi connectivity index (χ1n) is 8.73. The topological polar surface area (TPSA) is 67.7 Å². The van der Waals surface area contributed by atoms with Gasteiger partial charge < -0.3 is 19.8 Å². The quantitative estimate of drug-likeness (QED) is 0.893. The van der Waals surface area contributed by atoms with Crippen LogP contribution in [0.5, 0.6) is 0 Å². The van der Waals surface area contributed by atoms with Crippen LogP contribution in [-0.4, -0.2) is 41.6 Å².